The Bertz CT molecular complexity index is 553. The van der Waals surface area contributed by atoms with Gasteiger partial charge in [0.1, 0.15) is 11.6 Å². The second-order valence-electron chi connectivity index (χ2n) is 6.15. The fourth-order valence-electron chi connectivity index (χ4n) is 3.15. The van der Waals surface area contributed by atoms with Crippen molar-refractivity contribution >= 4 is 5.91 Å². The number of carbonyl (C=O) groups excluding carboxylic acids is 1. The molecule has 0 bridgehead atoms. The summed E-state index contributed by atoms with van der Waals surface area (Å²) in [7, 11) is 0. The third kappa shape index (κ3) is 2.73. The van der Waals surface area contributed by atoms with Crippen molar-refractivity contribution in [2.45, 2.75) is 31.2 Å². The number of amides is 1. The number of nitrogens with one attached hydrogen (secondary N) is 1. The number of hydrogen-bond acceptors (Lipinski definition) is 3. The number of carbonyl (C=O) groups is 1. The Kier molecular flexibility index (Phi) is 4.14. The smallest absolute Gasteiger partial charge is 0.227 e. The minimum absolute atomic E-state index is 0.0709. The van der Waals surface area contributed by atoms with E-state index in [9.17, 15) is 13.6 Å². The topological polar surface area (TPSA) is 64.4 Å². The lowest BCUT2D eigenvalue weighted by Gasteiger charge is -2.34. The van der Waals surface area contributed by atoms with Gasteiger partial charge in [-0.25, -0.2) is 8.78 Å². The highest BCUT2D eigenvalue weighted by atomic mass is 19.1. The van der Waals surface area contributed by atoms with Gasteiger partial charge in [0.05, 0.1) is 5.41 Å². The van der Waals surface area contributed by atoms with Crippen molar-refractivity contribution in [3.05, 3.63) is 35.4 Å². The van der Waals surface area contributed by atoms with Crippen molar-refractivity contribution in [2.24, 2.45) is 11.1 Å². The van der Waals surface area contributed by atoms with Crippen LogP contribution in [0.5, 0.6) is 0 Å². The molecule has 1 heterocycles. The second-order valence-corrected chi connectivity index (χ2v) is 6.15. The van der Waals surface area contributed by atoms with Crippen LogP contribution in [0.15, 0.2) is 18.2 Å². The molecule has 22 heavy (non-hydrogen) atoms. The Labute approximate surface area is 128 Å². The Morgan fingerprint density at radius 2 is 1.95 bits per heavy atom. The van der Waals surface area contributed by atoms with Crippen molar-refractivity contribution < 1.29 is 18.3 Å². The molecule has 1 aromatic rings. The average molecular weight is 310 g/mol. The van der Waals surface area contributed by atoms with E-state index < -0.39 is 17.0 Å². The Morgan fingerprint density at radius 3 is 2.55 bits per heavy atom. The molecule has 2 unspecified atom stereocenters. The first kappa shape index (κ1) is 15.4. The van der Waals surface area contributed by atoms with E-state index in [0.717, 1.165) is 0 Å². The van der Waals surface area contributed by atoms with Crippen LogP contribution in [-0.2, 0) is 9.53 Å². The number of benzene rings is 1. The van der Waals surface area contributed by atoms with E-state index in [4.69, 9.17) is 10.5 Å². The first-order valence-corrected chi connectivity index (χ1v) is 7.60. The van der Waals surface area contributed by atoms with E-state index in [-0.39, 0.29) is 30.0 Å². The molecule has 1 aliphatic carbocycles. The van der Waals surface area contributed by atoms with Gasteiger partial charge >= 0.3 is 0 Å². The van der Waals surface area contributed by atoms with E-state index in [1.165, 1.54) is 18.2 Å². The first-order valence-electron chi connectivity index (χ1n) is 7.60. The summed E-state index contributed by atoms with van der Waals surface area (Å²) >= 11 is 0. The predicted octanol–water partition coefficient (Wildman–Crippen LogP) is 1.69. The van der Waals surface area contributed by atoms with E-state index in [1.807, 2.05) is 0 Å². The zero-order valence-electron chi connectivity index (χ0n) is 12.3. The van der Waals surface area contributed by atoms with Crippen LogP contribution in [0.1, 0.15) is 30.7 Å². The van der Waals surface area contributed by atoms with Gasteiger partial charge in [-0.3, -0.25) is 4.79 Å². The molecule has 2 atom stereocenters. The van der Waals surface area contributed by atoms with Gasteiger partial charge in [-0.2, -0.15) is 0 Å². The molecular formula is C16H20F2N2O2. The minimum atomic E-state index is -0.612. The lowest BCUT2D eigenvalue weighted by molar-refractivity contribution is -0.136. The van der Waals surface area contributed by atoms with Gasteiger partial charge in [0, 0.05) is 37.3 Å². The SMILES string of the molecule is NCC1(C(=O)NC2CC2c2c(F)cccc2F)CCOCC1. The molecule has 3 rings (SSSR count). The van der Waals surface area contributed by atoms with E-state index in [0.29, 0.717) is 32.5 Å². The van der Waals surface area contributed by atoms with Crippen molar-refractivity contribution in [1.82, 2.24) is 5.32 Å². The van der Waals surface area contributed by atoms with Gasteiger partial charge in [0.2, 0.25) is 5.91 Å². The van der Waals surface area contributed by atoms with Gasteiger partial charge in [-0.1, -0.05) is 6.07 Å². The summed E-state index contributed by atoms with van der Waals surface area (Å²) in [5.41, 5.74) is 5.25. The van der Waals surface area contributed by atoms with Crippen LogP contribution < -0.4 is 11.1 Å². The molecule has 2 aliphatic rings. The molecule has 0 radical (unpaired) electrons. The van der Waals surface area contributed by atoms with Crippen LogP contribution in [0, 0.1) is 17.0 Å². The fourth-order valence-corrected chi connectivity index (χ4v) is 3.15. The number of halogens is 2. The Morgan fingerprint density at radius 1 is 1.32 bits per heavy atom. The number of rotatable bonds is 4. The molecule has 4 nitrogen and oxygen atoms in total. The molecule has 1 saturated heterocycles. The molecule has 2 fully saturated rings. The van der Waals surface area contributed by atoms with E-state index >= 15 is 0 Å². The lowest BCUT2D eigenvalue weighted by Crippen LogP contribution is -2.49. The highest BCUT2D eigenvalue weighted by Crippen LogP contribution is 2.44. The zero-order chi connectivity index (χ0) is 15.7. The number of ether oxygens (including phenoxy) is 1. The maximum Gasteiger partial charge on any atom is 0.227 e. The highest BCUT2D eigenvalue weighted by molar-refractivity contribution is 5.83. The van der Waals surface area contributed by atoms with Gasteiger partial charge in [-0.15, -0.1) is 0 Å². The monoisotopic (exact) mass is 310 g/mol. The van der Waals surface area contributed by atoms with Crippen LogP contribution in [0.3, 0.4) is 0 Å². The largest absolute Gasteiger partial charge is 0.381 e. The molecule has 120 valence electrons. The van der Waals surface area contributed by atoms with E-state index in [2.05, 4.69) is 5.32 Å². The maximum atomic E-state index is 13.8. The second kappa shape index (κ2) is 5.93. The molecular weight excluding hydrogens is 290 g/mol. The van der Waals surface area contributed by atoms with Crippen molar-refractivity contribution in [1.29, 1.82) is 0 Å². The molecule has 0 spiro atoms. The van der Waals surface area contributed by atoms with Gasteiger partial charge in [0.25, 0.3) is 0 Å². The van der Waals surface area contributed by atoms with Gasteiger partial charge < -0.3 is 15.8 Å². The molecule has 1 amide bonds. The number of nitrogens with two attached hydrogens (primary N) is 1. The standard InChI is InChI=1S/C16H20F2N2O2/c17-11-2-1-3-12(18)14(11)10-8-13(10)20-15(21)16(9-19)4-6-22-7-5-16/h1-3,10,13H,4-9,19H2,(H,20,21). The van der Waals surface area contributed by atoms with Crippen LogP contribution in [0.2, 0.25) is 0 Å². The molecule has 6 heteroatoms. The zero-order valence-corrected chi connectivity index (χ0v) is 12.3. The Balaban J connectivity index is 1.67. The predicted molar refractivity (Wildman–Crippen MR) is 77.2 cm³/mol. The normalized spacial score (nSPS) is 26.5. The molecule has 0 aromatic heterocycles. The molecule has 1 aromatic carbocycles. The summed E-state index contributed by atoms with van der Waals surface area (Å²) in [5, 5.41) is 2.91. The summed E-state index contributed by atoms with van der Waals surface area (Å²) in [6.45, 7) is 1.29. The van der Waals surface area contributed by atoms with Crippen LogP contribution >= 0.6 is 0 Å². The molecule has 1 aliphatic heterocycles. The molecule has 3 N–H and O–H groups in total. The van der Waals surface area contributed by atoms with Crippen molar-refractivity contribution in [2.75, 3.05) is 19.8 Å². The van der Waals surface area contributed by atoms with Crippen molar-refractivity contribution in [3.63, 3.8) is 0 Å². The Hall–Kier alpha value is -1.53. The quantitative estimate of drug-likeness (QED) is 0.889. The number of hydrogen-bond donors (Lipinski definition) is 2. The van der Waals surface area contributed by atoms with Gasteiger partial charge in [-0.05, 0) is 31.4 Å². The average Bonchev–Trinajstić information content (AvgIpc) is 3.26. The van der Waals surface area contributed by atoms with Crippen LogP contribution in [0.25, 0.3) is 0 Å². The van der Waals surface area contributed by atoms with Gasteiger partial charge in [0.15, 0.2) is 0 Å². The lowest BCUT2D eigenvalue weighted by atomic mass is 9.79. The fraction of sp³-hybridized carbons (Fsp3) is 0.562. The summed E-state index contributed by atoms with van der Waals surface area (Å²) in [6, 6.07) is 3.62. The van der Waals surface area contributed by atoms with Crippen LogP contribution in [0.4, 0.5) is 8.78 Å². The molecule has 1 saturated carbocycles. The third-order valence-electron chi connectivity index (χ3n) is 4.80. The highest BCUT2D eigenvalue weighted by Gasteiger charge is 2.46. The van der Waals surface area contributed by atoms with Crippen LogP contribution in [-0.4, -0.2) is 31.7 Å². The summed E-state index contributed by atoms with van der Waals surface area (Å²) in [5.74, 6) is -1.52. The first-order chi connectivity index (χ1) is 10.6. The van der Waals surface area contributed by atoms with Crippen molar-refractivity contribution in [3.8, 4) is 0 Å². The summed E-state index contributed by atoms with van der Waals surface area (Å²) < 4.78 is 32.8. The van der Waals surface area contributed by atoms with E-state index in [1.54, 1.807) is 0 Å². The minimum Gasteiger partial charge on any atom is -0.381 e. The summed E-state index contributed by atoms with van der Waals surface area (Å²) in [6.07, 6.45) is 1.72. The maximum absolute atomic E-state index is 13.8. The summed E-state index contributed by atoms with van der Waals surface area (Å²) in [4.78, 5) is 12.5. The third-order valence-corrected chi connectivity index (χ3v) is 4.80.